The van der Waals surface area contributed by atoms with Crippen LogP contribution in [0.5, 0.6) is 5.75 Å². The van der Waals surface area contributed by atoms with Gasteiger partial charge in [-0.15, -0.1) is 0 Å². The second kappa shape index (κ2) is 7.88. The minimum atomic E-state index is 0.586. The number of aryl methyl sites for hydroxylation is 1. The summed E-state index contributed by atoms with van der Waals surface area (Å²) >= 11 is 0. The maximum Gasteiger partial charge on any atom is 0.132 e. The van der Waals surface area contributed by atoms with Crippen molar-refractivity contribution in [1.29, 1.82) is 0 Å². The Morgan fingerprint density at radius 3 is 2.89 bits per heavy atom. The lowest BCUT2D eigenvalue weighted by atomic mass is 9.97. The lowest BCUT2D eigenvalue weighted by Crippen LogP contribution is -2.22. The summed E-state index contributed by atoms with van der Waals surface area (Å²) in [5.41, 5.74) is 4.91. The van der Waals surface area contributed by atoms with Gasteiger partial charge >= 0.3 is 0 Å². The third-order valence-corrected chi connectivity index (χ3v) is 6.24. The first-order valence-electron chi connectivity index (χ1n) is 10.9. The van der Waals surface area contributed by atoms with Crippen molar-refractivity contribution in [3.05, 3.63) is 28.8 Å². The molecule has 0 spiro atoms. The monoisotopic (exact) mass is 381 g/mol. The van der Waals surface area contributed by atoms with E-state index < -0.39 is 0 Å². The molecule has 3 aliphatic rings. The van der Waals surface area contributed by atoms with Crippen LogP contribution < -0.4 is 10.1 Å². The number of ether oxygens (including phenoxy) is 2. The SMILES string of the molecule is Cc1cc2c3c(c(NC4CC4)nc2cc1OCCCN1CCCC1)COCC3. The van der Waals surface area contributed by atoms with E-state index in [1.54, 1.807) is 0 Å². The summed E-state index contributed by atoms with van der Waals surface area (Å²) in [4.78, 5) is 7.53. The predicted molar refractivity (Wildman–Crippen MR) is 112 cm³/mol. The quantitative estimate of drug-likeness (QED) is 0.733. The van der Waals surface area contributed by atoms with Gasteiger partial charge in [0.1, 0.15) is 11.6 Å². The average Bonchev–Trinajstić information content (AvgIpc) is 3.37. The zero-order valence-corrected chi connectivity index (χ0v) is 16.9. The molecule has 3 heterocycles. The van der Waals surface area contributed by atoms with Crippen LogP contribution in [0.4, 0.5) is 5.82 Å². The molecule has 0 bridgehead atoms. The second-order valence-electron chi connectivity index (χ2n) is 8.52. The van der Waals surface area contributed by atoms with Crippen LogP contribution in [0.3, 0.4) is 0 Å². The number of pyridine rings is 1. The van der Waals surface area contributed by atoms with Gasteiger partial charge in [0.15, 0.2) is 0 Å². The summed E-state index contributed by atoms with van der Waals surface area (Å²) in [6.07, 6.45) is 7.24. The van der Waals surface area contributed by atoms with Crippen LogP contribution in [0.2, 0.25) is 0 Å². The number of likely N-dealkylation sites (tertiary alicyclic amines) is 1. The molecule has 2 fully saturated rings. The summed E-state index contributed by atoms with van der Waals surface area (Å²) < 4.78 is 11.9. The molecule has 5 heteroatoms. The van der Waals surface area contributed by atoms with E-state index in [1.165, 1.54) is 60.8 Å². The molecule has 1 aliphatic carbocycles. The zero-order valence-electron chi connectivity index (χ0n) is 16.9. The van der Waals surface area contributed by atoms with E-state index in [-0.39, 0.29) is 0 Å². The van der Waals surface area contributed by atoms with Crippen LogP contribution in [-0.4, -0.2) is 48.8 Å². The van der Waals surface area contributed by atoms with Crippen LogP contribution in [0.1, 0.15) is 48.8 Å². The fourth-order valence-corrected chi connectivity index (χ4v) is 4.47. The normalized spacial score (nSPS) is 19.8. The van der Waals surface area contributed by atoms with E-state index in [2.05, 4.69) is 29.3 Å². The van der Waals surface area contributed by atoms with E-state index in [0.29, 0.717) is 12.6 Å². The van der Waals surface area contributed by atoms with E-state index in [1.807, 2.05) is 0 Å². The largest absolute Gasteiger partial charge is 0.493 e. The first-order chi connectivity index (χ1) is 13.8. The molecule has 0 unspecified atom stereocenters. The van der Waals surface area contributed by atoms with Crippen molar-refractivity contribution >= 4 is 16.7 Å². The molecule has 0 atom stereocenters. The molecule has 1 aromatic heterocycles. The fourth-order valence-electron chi connectivity index (χ4n) is 4.47. The van der Waals surface area contributed by atoms with Gasteiger partial charge in [0.2, 0.25) is 0 Å². The molecule has 5 nitrogen and oxygen atoms in total. The number of fused-ring (bicyclic) bond motifs is 3. The highest BCUT2D eigenvalue weighted by Gasteiger charge is 2.26. The highest BCUT2D eigenvalue weighted by atomic mass is 16.5. The molecule has 5 rings (SSSR count). The summed E-state index contributed by atoms with van der Waals surface area (Å²) in [5, 5.41) is 4.88. The Balaban J connectivity index is 1.37. The van der Waals surface area contributed by atoms with Crippen LogP contribution in [0, 0.1) is 6.92 Å². The van der Waals surface area contributed by atoms with Gasteiger partial charge in [-0.25, -0.2) is 4.98 Å². The van der Waals surface area contributed by atoms with Crippen molar-refractivity contribution in [2.75, 3.05) is 38.2 Å². The third-order valence-electron chi connectivity index (χ3n) is 6.24. The Morgan fingerprint density at radius 1 is 1.21 bits per heavy atom. The van der Waals surface area contributed by atoms with Gasteiger partial charge in [-0.1, -0.05) is 0 Å². The summed E-state index contributed by atoms with van der Waals surface area (Å²) in [6, 6.07) is 5.00. The first-order valence-corrected chi connectivity index (χ1v) is 10.9. The Morgan fingerprint density at radius 2 is 2.07 bits per heavy atom. The van der Waals surface area contributed by atoms with Crippen molar-refractivity contribution < 1.29 is 9.47 Å². The van der Waals surface area contributed by atoms with Crippen molar-refractivity contribution in [1.82, 2.24) is 9.88 Å². The number of aromatic nitrogens is 1. The van der Waals surface area contributed by atoms with Crippen LogP contribution in [-0.2, 0) is 17.8 Å². The van der Waals surface area contributed by atoms with Gasteiger partial charge in [0, 0.05) is 29.6 Å². The molecular formula is C23H31N3O2. The van der Waals surface area contributed by atoms with Crippen LogP contribution in [0.15, 0.2) is 12.1 Å². The van der Waals surface area contributed by atoms with Gasteiger partial charge in [-0.3, -0.25) is 0 Å². The fraction of sp³-hybridized carbons (Fsp3) is 0.609. The van der Waals surface area contributed by atoms with Gasteiger partial charge in [0.25, 0.3) is 0 Å². The molecule has 0 radical (unpaired) electrons. The van der Waals surface area contributed by atoms with Gasteiger partial charge in [0.05, 0.1) is 25.3 Å². The third kappa shape index (κ3) is 3.83. The highest BCUT2D eigenvalue weighted by Crippen LogP contribution is 2.36. The van der Waals surface area contributed by atoms with E-state index >= 15 is 0 Å². The molecule has 28 heavy (non-hydrogen) atoms. The molecule has 150 valence electrons. The molecule has 2 aliphatic heterocycles. The number of rotatable bonds is 7. The molecular weight excluding hydrogens is 350 g/mol. The number of anilines is 1. The molecule has 1 saturated heterocycles. The van der Waals surface area contributed by atoms with E-state index in [9.17, 15) is 0 Å². The van der Waals surface area contributed by atoms with Crippen molar-refractivity contribution in [3.8, 4) is 5.75 Å². The number of benzene rings is 1. The minimum Gasteiger partial charge on any atom is -0.493 e. The smallest absolute Gasteiger partial charge is 0.132 e. The maximum atomic E-state index is 6.17. The van der Waals surface area contributed by atoms with Crippen LogP contribution >= 0.6 is 0 Å². The number of nitrogens with zero attached hydrogens (tertiary/aromatic N) is 2. The summed E-state index contributed by atoms with van der Waals surface area (Å²) in [5.74, 6) is 2.00. The molecule has 0 amide bonds. The molecule has 1 saturated carbocycles. The topological polar surface area (TPSA) is 46.6 Å². The van der Waals surface area contributed by atoms with Crippen molar-refractivity contribution in [3.63, 3.8) is 0 Å². The predicted octanol–water partition coefficient (Wildman–Crippen LogP) is 4.05. The molecule has 1 aromatic carbocycles. The van der Waals surface area contributed by atoms with E-state index in [0.717, 1.165) is 49.7 Å². The number of hydrogen-bond acceptors (Lipinski definition) is 5. The Hall–Kier alpha value is -1.85. The first kappa shape index (κ1) is 18.2. The van der Waals surface area contributed by atoms with Gasteiger partial charge in [-0.2, -0.15) is 0 Å². The number of nitrogens with one attached hydrogen (secondary N) is 1. The van der Waals surface area contributed by atoms with Crippen molar-refractivity contribution in [2.24, 2.45) is 0 Å². The standard InChI is InChI=1S/C23H31N3O2/c1-16-13-19-18-7-12-27-15-20(18)23(24-17-5-6-17)25-21(19)14-22(16)28-11-4-10-26-8-2-3-9-26/h13-14,17H,2-12,15H2,1H3,(H,24,25). The average molecular weight is 382 g/mol. The van der Waals surface area contributed by atoms with E-state index in [4.69, 9.17) is 14.5 Å². The van der Waals surface area contributed by atoms with Gasteiger partial charge in [-0.05, 0) is 75.7 Å². The molecule has 2 aromatic rings. The Kier molecular flexibility index (Phi) is 5.12. The van der Waals surface area contributed by atoms with Crippen LogP contribution in [0.25, 0.3) is 10.9 Å². The van der Waals surface area contributed by atoms with Crippen molar-refractivity contribution in [2.45, 2.75) is 58.1 Å². The second-order valence-corrected chi connectivity index (χ2v) is 8.52. The lowest BCUT2D eigenvalue weighted by Gasteiger charge is -2.23. The number of hydrogen-bond donors (Lipinski definition) is 1. The van der Waals surface area contributed by atoms with Gasteiger partial charge < -0.3 is 19.7 Å². The molecule has 1 N–H and O–H groups in total. The Labute approximate surface area is 167 Å². The highest BCUT2D eigenvalue weighted by molar-refractivity contribution is 5.88. The summed E-state index contributed by atoms with van der Waals surface area (Å²) in [7, 11) is 0. The minimum absolute atomic E-state index is 0.586. The lowest BCUT2D eigenvalue weighted by molar-refractivity contribution is 0.111. The maximum absolute atomic E-state index is 6.17. The summed E-state index contributed by atoms with van der Waals surface area (Å²) in [6.45, 7) is 8.04. The Bertz CT molecular complexity index is 857. The zero-order chi connectivity index (χ0) is 18.9.